The van der Waals surface area contributed by atoms with Gasteiger partial charge in [0, 0.05) is 36.6 Å². The second-order valence-corrected chi connectivity index (χ2v) is 10.6. The van der Waals surface area contributed by atoms with E-state index in [1.165, 1.54) is 0 Å². The molecule has 3 aromatic rings. The van der Waals surface area contributed by atoms with E-state index in [4.69, 9.17) is 15.2 Å². The predicted molar refractivity (Wildman–Crippen MR) is 160 cm³/mol. The Morgan fingerprint density at radius 2 is 1.95 bits per heavy atom. The largest absolute Gasteiger partial charge is 0.493 e. The molecule has 2 bridgehead atoms. The van der Waals surface area contributed by atoms with Crippen LogP contribution in [0.25, 0.3) is 10.9 Å². The van der Waals surface area contributed by atoms with Crippen LogP contribution in [0.5, 0.6) is 5.75 Å². The average Bonchev–Trinajstić information content (AvgIpc) is 3.33. The van der Waals surface area contributed by atoms with Crippen molar-refractivity contribution in [3.63, 3.8) is 0 Å². The van der Waals surface area contributed by atoms with E-state index >= 15 is 0 Å². The maximum Gasteiger partial charge on any atom is 0.304 e. The summed E-state index contributed by atoms with van der Waals surface area (Å²) in [7, 11) is 0. The van der Waals surface area contributed by atoms with E-state index in [0.29, 0.717) is 51.6 Å². The van der Waals surface area contributed by atoms with Crippen molar-refractivity contribution < 1.29 is 29.0 Å². The first kappa shape index (κ1) is 31.1. The molecule has 4 rings (SSSR count). The number of ether oxygens (including phenoxy) is 2. The van der Waals surface area contributed by atoms with E-state index in [1.807, 2.05) is 61.7 Å². The van der Waals surface area contributed by atoms with Gasteiger partial charge in [0.2, 0.25) is 11.8 Å². The number of benzene rings is 2. The monoisotopic (exact) mass is 578 g/mol. The highest BCUT2D eigenvalue weighted by Crippen LogP contribution is 2.37. The molecule has 226 valence electrons. The van der Waals surface area contributed by atoms with Gasteiger partial charge < -0.3 is 35.5 Å². The summed E-state index contributed by atoms with van der Waals surface area (Å²) in [5, 5.41) is 16.6. The number of nitrogens with one attached hydrogen (secondary N) is 2. The van der Waals surface area contributed by atoms with E-state index < -0.39 is 29.8 Å². The molecular formula is C32H42N4O6. The topological polar surface area (TPSA) is 145 Å². The molecule has 10 heteroatoms. The summed E-state index contributed by atoms with van der Waals surface area (Å²) in [6, 6.07) is 14.5. The lowest BCUT2D eigenvalue weighted by Gasteiger charge is -2.28. The van der Waals surface area contributed by atoms with Crippen LogP contribution in [-0.2, 0) is 32.1 Å². The first-order valence-corrected chi connectivity index (χ1v) is 14.8. The Morgan fingerprint density at radius 3 is 2.74 bits per heavy atom. The number of carbonyl (C=O) groups is 3. The maximum atomic E-state index is 13.9. The number of amides is 2. The van der Waals surface area contributed by atoms with E-state index in [2.05, 4.69) is 15.2 Å². The zero-order valence-electron chi connectivity index (χ0n) is 24.2. The third-order valence-electron chi connectivity index (χ3n) is 7.78. The molecule has 0 radical (unpaired) electrons. The molecule has 0 saturated carbocycles. The standard InChI is InChI=1S/C32H42N4O6/c1-2-23(25-10-4-6-12-29(25)42-16-8-7-13-33)26(20-30(37)38)31(39)35-27-19-22-21-36(28-11-5-3-9-24(22)28)15-18-41-17-14-34-32(27)40/h3-6,9-12,21,23,26-27H,2,7-8,13-20,33H2,1H3,(H,34,40)(H,35,39)(H,37,38). The molecule has 2 heterocycles. The number of nitrogens with zero attached hydrogens (tertiary/aromatic N) is 1. The van der Waals surface area contributed by atoms with Crippen LogP contribution in [0, 0.1) is 5.92 Å². The van der Waals surface area contributed by atoms with Gasteiger partial charge in [-0.3, -0.25) is 14.4 Å². The summed E-state index contributed by atoms with van der Waals surface area (Å²) in [6.07, 6.45) is 4.02. The van der Waals surface area contributed by atoms with E-state index in [-0.39, 0.29) is 18.7 Å². The number of unbranched alkanes of at least 4 members (excludes halogenated alkanes) is 1. The highest BCUT2D eigenvalue weighted by molar-refractivity contribution is 5.92. The fourth-order valence-electron chi connectivity index (χ4n) is 5.69. The average molecular weight is 579 g/mol. The minimum Gasteiger partial charge on any atom is -0.493 e. The lowest BCUT2D eigenvalue weighted by atomic mass is 9.80. The van der Waals surface area contributed by atoms with E-state index in [0.717, 1.165) is 34.9 Å². The van der Waals surface area contributed by atoms with Crippen LogP contribution < -0.4 is 21.1 Å². The molecule has 0 saturated heterocycles. The molecule has 0 spiro atoms. The van der Waals surface area contributed by atoms with E-state index in [9.17, 15) is 19.5 Å². The van der Waals surface area contributed by atoms with Gasteiger partial charge in [0.05, 0.1) is 32.2 Å². The van der Waals surface area contributed by atoms with Crippen LogP contribution in [-0.4, -0.2) is 66.4 Å². The van der Waals surface area contributed by atoms with Crippen molar-refractivity contribution in [2.24, 2.45) is 11.7 Å². The van der Waals surface area contributed by atoms with Crippen LogP contribution in [0.4, 0.5) is 0 Å². The molecule has 3 unspecified atom stereocenters. The molecule has 1 aliphatic rings. The smallest absolute Gasteiger partial charge is 0.304 e. The number of carbonyl (C=O) groups excluding carboxylic acids is 2. The molecule has 3 atom stereocenters. The number of hydrogen-bond donors (Lipinski definition) is 4. The second kappa shape index (κ2) is 15.4. The van der Waals surface area contributed by atoms with Gasteiger partial charge in [-0.1, -0.05) is 43.3 Å². The Morgan fingerprint density at radius 1 is 1.17 bits per heavy atom. The molecule has 0 aliphatic carbocycles. The van der Waals surface area contributed by atoms with Gasteiger partial charge in [-0.15, -0.1) is 0 Å². The van der Waals surface area contributed by atoms with Crippen LogP contribution in [0.1, 0.15) is 49.7 Å². The molecule has 1 aromatic heterocycles. The summed E-state index contributed by atoms with van der Waals surface area (Å²) in [6.45, 7) is 4.81. The van der Waals surface area contributed by atoms with Crippen molar-refractivity contribution in [1.29, 1.82) is 0 Å². The van der Waals surface area contributed by atoms with Gasteiger partial charge in [-0.05, 0) is 55.0 Å². The Balaban J connectivity index is 1.62. The number of hydrogen-bond acceptors (Lipinski definition) is 6. The van der Waals surface area contributed by atoms with Gasteiger partial charge in [-0.25, -0.2) is 0 Å². The summed E-state index contributed by atoms with van der Waals surface area (Å²) in [5.74, 6) is -2.62. The Kier molecular flexibility index (Phi) is 11.4. The third-order valence-corrected chi connectivity index (χ3v) is 7.78. The van der Waals surface area contributed by atoms with Crippen molar-refractivity contribution in [3.8, 4) is 5.75 Å². The quantitative estimate of drug-likeness (QED) is 0.242. The Labute approximate surface area is 246 Å². The van der Waals surface area contributed by atoms with Gasteiger partial charge in [0.15, 0.2) is 0 Å². The van der Waals surface area contributed by atoms with Gasteiger partial charge in [0.1, 0.15) is 11.8 Å². The van der Waals surface area contributed by atoms with Crippen LogP contribution >= 0.6 is 0 Å². The normalized spacial score (nSPS) is 17.4. The number of carboxylic acid groups (broad SMARTS) is 1. The van der Waals surface area contributed by atoms with Crippen molar-refractivity contribution in [2.75, 3.05) is 32.9 Å². The lowest BCUT2D eigenvalue weighted by molar-refractivity contribution is -0.142. The zero-order valence-corrected chi connectivity index (χ0v) is 24.2. The summed E-state index contributed by atoms with van der Waals surface area (Å²) in [5.41, 5.74) is 8.33. The van der Waals surface area contributed by atoms with Crippen molar-refractivity contribution in [2.45, 2.75) is 57.5 Å². The molecular weight excluding hydrogens is 536 g/mol. The zero-order chi connectivity index (χ0) is 29.9. The summed E-state index contributed by atoms with van der Waals surface area (Å²) in [4.78, 5) is 39.3. The predicted octanol–water partition coefficient (Wildman–Crippen LogP) is 3.22. The molecule has 1 aliphatic heterocycles. The first-order chi connectivity index (χ1) is 20.4. The Bertz CT molecular complexity index is 1360. The van der Waals surface area contributed by atoms with Crippen molar-refractivity contribution >= 4 is 28.7 Å². The molecule has 10 nitrogen and oxygen atoms in total. The summed E-state index contributed by atoms with van der Waals surface area (Å²) < 4.78 is 13.9. The Hall–Kier alpha value is -3.89. The first-order valence-electron chi connectivity index (χ1n) is 14.8. The maximum absolute atomic E-state index is 13.9. The van der Waals surface area contributed by atoms with Crippen LogP contribution in [0.2, 0.25) is 0 Å². The minimum absolute atomic E-state index is 0.267. The number of nitrogens with two attached hydrogens (primary N) is 1. The minimum atomic E-state index is -1.08. The molecule has 5 N–H and O–H groups in total. The molecule has 2 aromatic carbocycles. The summed E-state index contributed by atoms with van der Waals surface area (Å²) >= 11 is 0. The van der Waals surface area contributed by atoms with Crippen molar-refractivity contribution in [3.05, 3.63) is 65.9 Å². The highest BCUT2D eigenvalue weighted by atomic mass is 16.5. The van der Waals surface area contributed by atoms with Crippen molar-refractivity contribution in [1.82, 2.24) is 15.2 Å². The number of para-hydroxylation sites is 2. The SMILES string of the molecule is CCC(c1ccccc1OCCCCN)C(CC(=O)O)C(=O)NC1Cc2cn(c3ccccc23)CCOCCNC1=O. The fourth-order valence-corrected chi connectivity index (χ4v) is 5.69. The molecule has 0 fully saturated rings. The highest BCUT2D eigenvalue weighted by Gasteiger charge is 2.35. The number of carboxylic acids is 1. The molecule has 42 heavy (non-hydrogen) atoms. The second-order valence-electron chi connectivity index (χ2n) is 10.6. The number of aromatic nitrogens is 1. The number of fused-ring (bicyclic) bond motifs is 5. The third kappa shape index (κ3) is 7.89. The van der Waals surface area contributed by atoms with Crippen LogP contribution in [0.3, 0.4) is 0 Å². The van der Waals surface area contributed by atoms with E-state index in [1.54, 1.807) is 0 Å². The number of rotatable bonds is 12. The fraction of sp³-hybridized carbons (Fsp3) is 0.469. The molecule has 2 amide bonds. The lowest BCUT2D eigenvalue weighted by Crippen LogP contribution is -2.51. The van der Waals surface area contributed by atoms with Crippen LogP contribution in [0.15, 0.2) is 54.7 Å². The number of aliphatic carboxylic acids is 1. The van der Waals surface area contributed by atoms with Gasteiger partial charge >= 0.3 is 5.97 Å². The van der Waals surface area contributed by atoms with Gasteiger partial charge in [-0.2, -0.15) is 0 Å². The van der Waals surface area contributed by atoms with Gasteiger partial charge in [0.25, 0.3) is 0 Å².